The summed E-state index contributed by atoms with van der Waals surface area (Å²) in [7, 11) is 7.89. The molecule has 5 heteroatoms. The number of quaternary nitrogens is 1. The molecule has 1 aliphatic heterocycles. The molecule has 0 saturated heterocycles. The van der Waals surface area contributed by atoms with Crippen LogP contribution in [0.25, 0.3) is 0 Å². The zero-order chi connectivity index (χ0) is 10.1. The molecule has 1 heterocycles. The maximum atomic E-state index is 5.51. The predicted molar refractivity (Wildman–Crippen MR) is 56.2 cm³/mol. The standard InChI is InChI=1S/C8H15BrN3O/c1-11(2)8-10-12(3,4)6-7(5-9)13-8/h5H,6H2,1-4H3/q+1. The minimum atomic E-state index is 0.560. The summed E-state index contributed by atoms with van der Waals surface area (Å²) in [6.45, 7) is 0.766. The van der Waals surface area contributed by atoms with Crippen molar-refractivity contribution in [3.63, 3.8) is 0 Å². The van der Waals surface area contributed by atoms with Crippen molar-refractivity contribution < 1.29 is 9.33 Å². The smallest absolute Gasteiger partial charge is 0.347 e. The highest BCUT2D eigenvalue weighted by Gasteiger charge is 2.28. The average molecular weight is 249 g/mol. The van der Waals surface area contributed by atoms with Crippen LogP contribution in [0.5, 0.6) is 0 Å². The van der Waals surface area contributed by atoms with Crippen LogP contribution < -0.4 is 0 Å². The van der Waals surface area contributed by atoms with E-state index in [0.717, 1.165) is 12.3 Å². The van der Waals surface area contributed by atoms with E-state index >= 15 is 0 Å². The van der Waals surface area contributed by atoms with Gasteiger partial charge in [-0.25, -0.2) is 0 Å². The van der Waals surface area contributed by atoms with Crippen molar-refractivity contribution in [1.29, 1.82) is 0 Å². The third kappa shape index (κ3) is 2.70. The molecule has 0 atom stereocenters. The van der Waals surface area contributed by atoms with Crippen molar-refractivity contribution in [2.75, 3.05) is 34.7 Å². The van der Waals surface area contributed by atoms with Crippen molar-refractivity contribution >= 4 is 22.0 Å². The fourth-order valence-corrected chi connectivity index (χ4v) is 1.29. The van der Waals surface area contributed by atoms with E-state index in [1.165, 1.54) is 0 Å². The molecule has 1 rings (SSSR count). The summed E-state index contributed by atoms with van der Waals surface area (Å²) in [5, 5.41) is 4.41. The van der Waals surface area contributed by atoms with Gasteiger partial charge in [-0.05, 0) is 5.10 Å². The lowest BCUT2D eigenvalue weighted by molar-refractivity contribution is -0.896. The Labute approximate surface area is 87.2 Å². The zero-order valence-electron chi connectivity index (χ0n) is 8.41. The van der Waals surface area contributed by atoms with E-state index in [9.17, 15) is 0 Å². The minimum absolute atomic E-state index is 0.560. The van der Waals surface area contributed by atoms with Crippen molar-refractivity contribution in [2.24, 2.45) is 5.10 Å². The zero-order valence-corrected chi connectivity index (χ0v) is 10.00. The number of halogens is 1. The second-order valence-corrected chi connectivity index (χ2v) is 4.19. The molecule has 74 valence electrons. The van der Waals surface area contributed by atoms with Gasteiger partial charge in [-0.2, -0.15) is 4.59 Å². The number of rotatable bonds is 0. The molecule has 13 heavy (non-hydrogen) atoms. The third-order valence-corrected chi connectivity index (χ3v) is 2.14. The molecule has 0 aromatic heterocycles. The van der Waals surface area contributed by atoms with E-state index in [0.29, 0.717) is 10.6 Å². The molecule has 0 spiro atoms. The van der Waals surface area contributed by atoms with Crippen LogP contribution in [-0.4, -0.2) is 50.2 Å². The van der Waals surface area contributed by atoms with E-state index in [1.807, 2.05) is 33.1 Å². The molecule has 0 aromatic carbocycles. The van der Waals surface area contributed by atoms with E-state index in [4.69, 9.17) is 4.74 Å². The minimum Gasteiger partial charge on any atom is -0.420 e. The van der Waals surface area contributed by atoms with Gasteiger partial charge in [-0.3, -0.25) is 0 Å². The number of ether oxygens (including phenoxy) is 1. The molecule has 0 aliphatic carbocycles. The van der Waals surface area contributed by atoms with E-state index < -0.39 is 0 Å². The monoisotopic (exact) mass is 248 g/mol. The highest BCUT2D eigenvalue weighted by atomic mass is 79.9. The summed E-state index contributed by atoms with van der Waals surface area (Å²) in [6, 6.07) is 0.641. The Morgan fingerprint density at radius 1 is 1.54 bits per heavy atom. The van der Waals surface area contributed by atoms with E-state index in [-0.39, 0.29) is 0 Å². The average Bonchev–Trinajstić information content (AvgIpc) is 2.01. The predicted octanol–water partition coefficient (Wildman–Crippen LogP) is 1.16. The molecule has 0 fully saturated rings. The Hall–Kier alpha value is -0.550. The lowest BCUT2D eigenvalue weighted by Gasteiger charge is -2.30. The first kappa shape index (κ1) is 10.5. The molecular weight excluding hydrogens is 234 g/mol. The van der Waals surface area contributed by atoms with Gasteiger partial charge in [0.25, 0.3) is 0 Å². The van der Waals surface area contributed by atoms with Gasteiger partial charge < -0.3 is 9.64 Å². The number of nitrogens with zero attached hydrogens (tertiary/aromatic N) is 3. The molecule has 0 saturated carbocycles. The van der Waals surface area contributed by atoms with E-state index in [2.05, 4.69) is 21.0 Å². The highest BCUT2D eigenvalue weighted by Crippen LogP contribution is 2.16. The molecule has 0 unspecified atom stereocenters. The Morgan fingerprint density at radius 2 is 2.15 bits per heavy atom. The molecule has 4 nitrogen and oxygen atoms in total. The molecule has 0 amide bonds. The Kier molecular flexibility index (Phi) is 2.98. The highest BCUT2D eigenvalue weighted by molar-refractivity contribution is 9.11. The number of hydrogen-bond donors (Lipinski definition) is 0. The van der Waals surface area contributed by atoms with Crippen LogP contribution in [0.2, 0.25) is 0 Å². The number of amidine groups is 1. The van der Waals surface area contributed by atoms with Crippen LogP contribution in [0.3, 0.4) is 0 Å². The first-order valence-electron chi connectivity index (χ1n) is 4.02. The summed E-state index contributed by atoms with van der Waals surface area (Å²) < 4.78 is 6.07. The van der Waals surface area contributed by atoms with Gasteiger partial charge in [0.05, 0.1) is 14.1 Å². The summed E-state index contributed by atoms with van der Waals surface area (Å²) in [5.41, 5.74) is 0. The maximum absolute atomic E-state index is 5.51. The molecule has 1 aliphatic rings. The van der Waals surface area contributed by atoms with Crippen molar-refractivity contribution in [1.82, 2.24) is 4.90 Å². The molecule has 0 bridgehead atoms. The second-order valence-electron chi connectivity index (χ2n) is 3.73. The van der Waals surface area contributed by atoms with Crippen LogP contribution in [-0.2, 0) is 4.74 Å². The fourth-order valence-electron chi connectivity index (χ4n) is 1.06. The van der Waals surface area contributed by atoms with Crippen LogP contribution in [0, 0.1) is 0 Å². The first-order valence-corrected chi connectivity index (χ1v) is 4.94. The van der Waals surface area contributed by atoms with Crippen molar-refractivity contribution in [2.45, 2.75) is 0 Å². The Morgan fingerprint density at radius 3 is 2.62 bits per heavy atom. The molecule has 0 N–H and O–H groups in total. The fraction of sp³-hybridized carbons (Fsp3) is 0.625. The number of hydrogen-bond acceptors (Lipinski definition) is 3. The topological polar surface area (TPSA) is 24.8 Å². The van der Waals surface area contributed by atoms with Gasteiger partial charge in [-0.1, -0.05) is 15.9 Å². The van der Waals surface area contributed by atoms with Gasteiger partial charge in [0.15, 0.2) is 12.3 Å². The van der Waals surface area contributed by atoms with Crippen LogP contribution in [0.4, 0.5) is 0 Å². The first-order chi connectivity index (χ1) is 5.94. The quantitative estimate of drug-likeness (QED) is 0.602. The van der Waals surface area contributed by atoms with Crippen molar-refractivity contribution in [3.8, 4) is 0 Å². The Balaban J connectivity index is 2.92. The summed E-state index contributed by atoms with van der Waals surface area (Å²) in [5.74, 6) is 0.892. The van der Waals surface area contributed by atoms with Gasteiger partial charge >= 0.3 is 6.02 Å². The lowest BCUT2D eigenvalue weighted by Crippen LogP contribution is -2.44. The van der Waals surface area contributed by atoms with Gasteiger partial charge in [0.1, 0.15) is 0 Å². The second kappa shape index (κ2) is 3.67. The molecular formula is C8H15BrN3O+. The van der Waals surface area contributed by atoms with E-state index in [1.54, 1.807) is 4.99 Å². The largest absolute Gasteiger partial charge is 0.420 e. The SMILES string of the molecule is CN(C)C1=N[N+](C)(C)CC(=CBr)O1. The van der Waals surface area contributed by atoms with Gasteiger partial charge in [-0.15, -0.1) is 0 Å². The van der Waals surface area contributed by atoms with Crippen LogP contribution >= 0.6 is 15.9 Å². The van der Waals surface area contributed by atoms with Crippen LogP contribution in [0.15, 0.2) is 15.8 Å². The molecule has 0 aromatic rings. The maximum Gasteiger partial charge on any atom is 0.347 e. The molecule has 0 radical (unpaired) electrons. The van der Waals surface area contributed by atoms with Crippen molar-refractivity contribution in [3.05, 3.63) is 10.7 Å². The van der Waals surface area contributed by atoms with Crippen LogP contribution in [0.1, 0.15) is 0 Å². The summed E-state index contributed by atoms with van der Waals surface area (Å²) >= 11 is 3.27. The normalized spacial score (nSPS) is 23.8. The van der Waals surface area contributed by atoms with Gasteiger partial charge in [0, 0.05) is 19.1 Å². The Bertz CT molecular complexity index is 258. The third-order valence-electron chi connectivity index (χ3n) is 1.63. The van der Waals surface area contributed by atoms with Gasteiger partial charge in [0.2, 0.25) is 0 Å². The summed E-state index contributed by atoms with van der Waals surface area (Å²) in [4.78, 5) is 3.65. The number of likely N-dealkylation sites (N-methyl/N-ethyl adjacent to an activating group) is 1. The summed E-state index contributed by atoms with van der Waals surface area (Å²) in [6.07, 6.45) is 0. The lowest BCUT2D eigenvalue weighted by atomic mass is 10.5.